The van der Waals surface area contributed by atoms with Crippen molar-refractivity contribution in [2.75, 3.05) is 0 Å². The molecule has 1 aromatic heterocycles. The van der Waals surface area contributed by atoms with Gasteiger partial charge in [0.2, 0.25) is 0 Å². The number of pyridine rings is 1. The molecule has 0 bridgehead atoms. The number of benzene rings is 1. The molecule has 0 radical (unpaired) electrons. The molecule has 3 heteroatoms. The van der Waals surface area contributed by atoms with Gasteiger partial charge in [0.05, 0.1) is 5.69 Å². The molecule has 17 heavy (non-hydrogen) atoms. The summed E-state index contributed by atoms with van der Waals surface area (Å²) in [7, 11) is 0. The number of nitrogens with zero attached hydrogens (tertiary/aromatic N) is 1. The molecular weight excluding hydrogens is 212 g/mol. The summed E-state index contributed by atoms with van der Waals surface area (Å²) in [5.41, 5.74) is 7.81. The summed E-state index contributed by atoms with van der Waals surface area (Å²) in [4.78, 5) is 4.20. The molecule has 1 aromatic carbocycles. The second-order valence-corrected chi connectivity index (χ2v) is 3.97. The van der Waals surface area contributed by atoms with Gasteiger partial charge in [-0.3, -0.25) is 4.98 Å². The van der Waals surface area contributed by atoms with Gasteiger partial charge >= 0.3 is 0 Å². The molecule has 1 atom stereocenters. The molecule has 0 saturated carbocycles. The van der Waals surface area contributed by atoms with E-state index in [1.54, 1.807) is 6.20 Å². The van der Waals surface area contributed by atoms with Crippen molar-refractivity contribution in [3.63, 3.8) is 0 Å². The number of rotatable bonds is 4. The number of hydrogen-bond donors (Lipinski definition) is 1. The lowest BCUT2D eigenvalue weighted by molar-refractivity contribution is 0.301. The van der Waals surface area contributed by atoms with E-state index in [4.69, 9.17) is 10.5 Å². The molecule has 2 aromatic rings. The van der Waals surface area contributed by atoms with E-state index in [1.807, 2.05) is 49.4 Å². The van der Waals surface area contributed by atoms with E-state index in [1.165, 1.54) is 0 Å². The molecule has 0 saturated heterocycles. The van der Waals surface area contributed by atoms with Crippen molar-refractivity contribution in [1.82, 2.24) is 4.98 Å². The third-order valence-corrected chi connectivity index (χ3v) is 2.50. The van der Waals surface area contributed by atoms with Crippen LogP contribution in [-0.2, 0) is 6.61 Å². The maximum atomic E-state index is 5.82. The molecule has 0 aliphatic carbocycles. The molecular formula is C14H16N2O. The zero-order chi connectivity index (χ0) is 12.1. The highest BCUT2D eigenvalue weighted by atomic mass is 16.5. The summed E-state index contributed by atoms with van der Waals surface area (Å²) in [6.07, 6.45) is 1.76. The maximum Gasteiger partial charge on any atom is 0.130 e. The van der Waals surface area contributed by atoms with Crippen LogP contribution in [0, 0.1) is 0 Å². The van der Waals surface area contributed by atoms with Gasteiger partial charge in [-0.2, -0.15) is 0 Å². The van der Waals surface area contributed by atoms with Crippen LogP contribution < -0.4 is 10.5 Å². The van der Waals surface area contributed by atoms with Crippen molar-refractivity contribution in [3.8, 4) is 5.75 Å². The van der Waals surface area contributed by atoms with Gasteiger partial charge in [0.25, 0.3) is 0 Å². The number of ether oxygens (including phenoxy) is 1. The Morgan fingerprint density at radius 2 is 2.12 bits per heavy atom. The molecule has 1 heterocycles. The van der Waals surface area contributed by atoms with Gasteiger partial charge in [-0.15, -0.1) is 0 Å². The predicted molar refractivity (Wildman–Crippen MR) is 67.6 cm³/mol. The zero-order valence-corrected chi connectivity index (χ0v) is 9.84. The molecule has 3 nitrogen and oxygen atoms in total. The van der Waals surface area contributed by atoms with E-state index in [0.717, 1.165) is 17.0 Å². The topological polar surface area (TPSA) is 48.1 Å². The highest BCUT2D eigenvalue weighted by molar-refractivity contribution is 5.30. The highest BCUT2D eigenvalue weighted by Gasteiger charge is 2.01. The first-order valence-corrected chi connectivity index (χ1v) is 5.64. The van der Waals surface area contributed by atoms with Crippen molar-refractivity contribution in [2.24, 2.45) is 5.73 Å². The van der Waals surface area contributed by atoms with Crippen molar-refractivity contribution < 1.29 is 4.74 Å². The average molecular weight is 228 g/mol. The average Bonchev–Trinajstić information content (AvgIpc) is 2.38. The van der Waals surface area contributed by atoms with E-state index in [2.05, 4.69) is 4.98 Å². The standard InChI is InChI=1S/C14H16N2O/c1-11(15)12-5-4-7-14(9-12)17-10-13-6-2-3-8-16-13/h2-9,11H,10,15H2,1H3/t11-/m0/s1. The third kappa shape index (κ3) is 3.29. The molecule has 0 aliphatic rings. The fraction of sp³-hybridized carbons (Fsp3) is 0.214. The van der Waals surface area contributed by atoms with E-state index in [0.29, 0.717) is 6.61 Å². The first-order valence-electron chi connectivity index (χ1n) is 5.64. The molecule has 0 aliphatic heterocycles. The normalized spacial score (nSPS) is 12.1. The van der Waals surface area contributed by atoms with E-state index >= 15 is 0 Å². The minimum absolute atomic E-state index is 0.0217. The lowest BCUT2D eigenvalue weighted by atomic mass is 10.1. The lowest BCUT2D eigenvalue weighted by Crippen LogP contribution is -2.05. The monoisotopic (exact) mass is 228 g/mol. The van der Waals surface area contributed by atoms with Crippen molar-refractivity contribution in [3.05, 3.63) is 59.9 Å². The minimum atomic E-state index is 0.0217. The molecule has 88 valence electrons. The van der Waals surface area contributed by atoms with E-state index in [-0.39, 0.29) is 6.04 Å². The Balaban J connectivity index is 2.02. The third-order valence-electron chi connectivity index (χ3n) is 2.50. The second-order valence-electron chi connectivity index (χ2n) is 3.97. The number of aromatic nitrogens is 1. The maximum absolute atomic E-state index is 5.82. The minimum Gasteiger partial charge on any atom is -0.487 e. The van der Waals surface area contributed by atoms with Gasteiger partial charge in [0, 0.05) is 12.2 Å². The highest BCUT2D eigenvalue weighted by Crippen LogP contribution is 2.18. The van der Waals surface area contributed by atoms with Gasteiger partial charge in [-0.25, -0.2) is 0 Å². The molecule has 0 fully saturated rings. The first-order chi connectivity index (χ1) is 8.25. The lowest BCUT2D eigenvalue weighted by Gasteiger charge is -2.09. The zero-order valence-electron chi connectivity index (χ0n) is 9.84. The first kappa shape index (κ1) is 11.6. The van der Waals surface area contributed by atoms with Gasteiger partial charge < -0.3 is 10.5 Å². The molecule has 0 spiro atoms. The predicted octanol–water partition coefficient (Wildman–Crippen LogP) is 2.68. The Bertz CT molecular complexity index is 469. The van der Waals surface area contributed by atoms with Crippen molar-refractivity contribution in [1.29, 1.82) is 0 Å². The van der Waals surface area contributed by atoms with Crippen LogP contribution in [0.4, 0.5) is 0 Å². The summed E-state index contributed by atoms with van der Waals surface area (Å²) in [5.74, 6) is 0.824. The Hall–Kier alpha value is -1.87. The van der Waals surface area contributed by atoms with E-state index < -0.39 is 0 Å². The van der Waals surface area contributed by atoms with Gasteiger partial charge in [0.1, 0.15) is 12.4 Å². The summed E-state index contributed by atoms with van der Waals surface area (Å²) in [6, 6.07) is 13.6. The Morgan fingerprint density at radius 3 is 2.82 bits per heavy atom. The van der Waals surface area contributed by atoms with Crippen LogP contribution in [0.15, 0.2) is 48.7 Å². The number of nitrogens with two attached hydrogens (primary N) is 1. The number of hydrogen-bond acceptors (Lipinski definition) is 3. The smallest absolute Gasteiger partial charge is 0.130 e. The van der Waals surface area contributed by atoms with Crippen LogP contribution in [0.2, 0.25) is 0 Å². The van der Waals surface area contributed by atoms with Gasteiger partial charge in [-0.05, 0) is 36.8 Å². The summed E-state index contributed by atoms with van der Waals surface area (Å²) in [6.45, 7) is 2.43. The summed E-state index contributed by atoms with van der Waals surface area (Å²) < 4.78 is 5.66. The summed E-state index contributed by atoms with van der Waals surface area (Å²) in [5, 5.41) is 0. The Labute approximate surface area is 101 Å². The van der Waals surface area contributed by atoms with Gasteiger partial charge in [0.15, 0.2) is 0 Å². The SMILES string of the molecule is C[C@H](N)c1cccc(OCc2ccccn2)c1. The van der Waals surface area contributed by atoms with Crippen LogP contribution in [0.25, 0.3) is 0 Å². The second kappa shape index (κ2) is 5.46. The largest absolute Gasteiger partial charge is 0.487 e. The van der Waals surface area contributed by atoms with Crippen LogP contribution in [-0.4, -0.2) is 4.98 Å². The van der Waals surface area contributed by atoms with Crippen molar-refractivity contribution in [2.45, 2.75) is 19.6 Å². The molecule has 0 amide bonds. The fourth-order valence-corrected chi connectivity index (χ4v) is 1.53. The van der Waals surface area contributed by atoms with Crippen molar-refractivity contribution >= 4 is 0 Å². The van der Waals surface area contributed by atoms with E-state index in [9.17, 15) is 0 Å². The molecule has 2 N–H and O–H groups in total. The van der Waals surface area contributed by atoms with Crippen LogP contribution >= 0.6 is 0 Å². The molecule has 0 unspecified atom stereocenters. The van der Waals surface area contributed by atoms with Crippen LogP contribution in [0.1, 0.15) is 24.2 Å². The fourth-order valence-electron chi connectivity index (χ4n) is 1.53. The van der Waals surface area contributed by atoms with Crippen LogP contribution in [0.3, 0.4) is 0 Å². The Kier molecular flexibility index (Phi) is 3.73. The Morgan fingerprint density at radius 1 is 1.24 bits per heavy atom. The summed E-state index contributed by atoms with van der Waals surface area (Å²) >= 11 is 0. The quantitative estimate of drug-likeness (QED) is 0.875. The van der Waals surface area contributed by atoms with Gasteiger partial charge in [-0.1, -0.05) is 18.2 Å². The molecule has 2 rings (SSSR count). The van der Waals surface area contributed by atoms with Crippen LogP contribution in [0.5, 0.6) is 5.75 Å².